The van der Waals surface area contributed by atoms with E-state index in [2.05, 4.69) is 60.4 Å². The van der Waals surface area contributed by atoms with E-state index in [0.29, 0.717) is 0 Å². The summed E-state index contributed by atoms with van der Waals surface area (Å²) in [5.74, 6) is 2.08. The molecule has 19 heavy (non-hydrogen) atoms. The van der Waals surface area contributed by atoms with Crippen LogP contribution in [0.15, 0.2) is 22.7 Å². The molecule has 1 aromatic rings. The van der Waals surface area contributed by atoms with Crippen LogP contribution in [0, 0.1) is 0 Å². The van der Waals surface area contributed by atoms with Crippen molar-refractivity contribution in [2.75, 3.05) is 18.6 Å². The zero-order valence-electron chi connectivity index (χ0n) is 12.3. The van der Waals surface area contributed by atoms with Crippen molar-refractivity contribution in [1.29, 1.82) is 0 Å². The van der Waals surface area contributed by atoms with Crippen LogP contribution in [0.3, 0.4) is 0 Å². The van der Waals surface area contributed by atoms with Crippen molar-refractivity contribution in [2.45, 2.75) is 39.3 Å². The highest BCUT2D eigenvalue weighted by molar-refractivity contribution is 9.10. The van der Waals surface area contributed by atoms with Gasteiger partial charge >= 0.3 is 0 Å². The second kappa shape index (κ2) is 8.18. The highest BCUT2D eigenvalue weighted by Gasteiger charge is 2.09. The number of thioether (sulfide) groups is 1. The fourth-order valence-electron chi connectivity index (χ4n) is 1.52. The second-order valence-corrected chi connectivity index (χ2v) is 7.40. The van der Waals surface area contributed by atoms with Crippen molar-refractivity contribution >= 4 is 27.7 Å². The third kappa shape index (κ3) is 7.23. The Morgan fingerprint density at radius 2 is 2.05 bits per heavy atom. The first-order chi connectivity index (χ1) is 8.92. The zero-order valence-corrected chi connectivity index (χ0v) is 14.7. The van der Waals surface area contributed by atoms with E-state index in [1.807, 2.05) is 17.8 Å². The van der Waals surface area contributed by atoms with Crippen LogP contribution in [-0.2, 0) is 6.54 Å². The zero-order chi connectivity index (χ0) is 14.3. The lowest BCUT2D eigenvalue weighted by Crippen LogP contribution is -2.35. The lowest BCUT2D eigenvalue weighted by atomic mass is 10.1. The summed E-state index contributed by atoms with van der Waals surface area (Å²) in [7, 11) is 0. The minimum atomic E-state index is 0.138. The normalized spacial score (nSPS) is 11.6. The Bertz CT molecular complexity index is 390. The molecule has 2 nitrogen and oxygen atoms in total. The first kappa shape index (κ1) is 16.9. The van der Waals surface area contributed by atoms with Gasteiger partial charge in [-0.25, -0.2) is 0 Å². The predicted molar refractivity (Wildman–Crippen MR) is 89.2 cm³/mol. The second-order valence-electron chi connectivity index (χ2n) is 5.56. The van der Waals surface area contributed by atoms with Crippen molar-refractivity contribution in [1.82, 2.24) is 5.32 Å². The van der Waals surface area contributed by atoms with Crippen molar-refractivity contribution < 1.29 is 4.74 Å². The molecule has 0 aliphatic heterocycles. The Morgan fingerprint density at radius 1 is 1.32 bits per heavy atom. The Balaban J connectivity index is 2.49. The van der Waals surface area contributed by atoms with Crippen LogP contribution in [0.25, 0.3) is 0 Å². The Morgan fingerprint density at radius 3 is 2.63 bits per heavy atom. The minimum Gasteiger partial charge on any atom is -0.492 e. The first-order valence-corrected chi connectivity index (χ1v) is 8.76. The number of rotatable bonds is 7. The van der Waals surface area contributed by atoms with Gasteiger partial charge in [-0.1, -0.05) is 6.07 Å². The maximum atomic E-state index is 5.76. The van der Waals surface area contributed by atoms with Gasteiger partial charge in [0.2, 0.25) is 0 Å². The molecule has 0 heterocycles. The summed E-state index contributed by atoms with van der Waals surface area (Å²) >= 11 is 5.43. The molecule has 1 aromatic carbocycles. The summed E-state index contributed by atoms with van der Waals surface area (Å²) in [6.45, 7) is 8.16. The topological polar surface area (TPSA) is 21.3 Å². The van der Waals surface area contributed by atoms with Gasteiger partial charge in [-0.15, -0.1) is 0 Å². The molecule has 4 heteroatoms. The number of benzene rings is 1. The molecule has 0 unspecified atom stereocenters. The van der Waals surface area contributed by atoms with Gasteiger partial charge in [-0.05, 0) is 72.8 Å². The van der Waals surface area contributed by atoms with Gasteiger partial charge in [0.15, 0.2) is 0 Å². The maximum absolute atomic E-state index is 5.76. The van der Waals surface area contributed by atoms with Crippen molar-refractivity contribution in [3.05, 3.63) is 28.2 Å². The maximum Gasteiger partial charge on any atom is 0.133 e. The molecule has 1 N–H and O–H groups in total. The molecule has 0 saturated heterocycles. The molecule has 0 aliphatic rings. The quantitative estimate of drug-likeness (QED) is 0.736. The number of ether oxygens (including phenoxy) is 1. The molecule has 108 valence electrons. The third-order valence-electron chi connectivity index (χ3n) is 2.57. The molecular weight excluding hydrogens is 322 g/mol. The lowest BCUT2D eigenvalue weighted by Gasteiger charge is -2.20. The number of nitrogens with one attached hydrogen (secondary N) is 1. The third-order valence-corrected chi connectivity index (χ3v) is 3.89. The molecule has 0 fully saturated rings. The number of halogens is 1. The Hall–Kier alpha value is -0.190. The Kier molecular flexibility index (Phi) is 7.26. The van der Waals surface area contributed by atoms with Crippen molar-refractivity contribution in [3.8, 4) is 5.75 Å². The molecule has 0 saturated carbocycles. The minimum absolute atomic E-state index is 0.138. The van der Waals surface area contributed by atoms with E-state index in [0.717, 1.165) is 35.5 Å². The predicted octanol–water partition coefficient (Wildman–Crippen LogP) is 4.47. The summed E-state index contributed by atoms with van der Waals surface area (Å²) in [6, 6.07) is 6.29. The van der Waals surface area contributed by atoms with Crippen molar-refractivity contribution in [2.24, 2.45) is 0 Å². The van der Waals surface area contributed by atoms with Gasteiger partial charge in [-0.2, -0.15) is 11.8 Å². The van der Waals surface area contributed by atoms with Gasteiger partial charge in [0.05, 0.1) is 11.1 Å². The number of hydrogen-bond acceptors (Lipinski definition) is 3. The van der Waals surface area contributed by atoms with E-state index in [1.165, 1.54) is 5.56 Å². The largest absolute Gasteiger partial charge is 0.492 e. The van der Waals surface area contributed by atoms with E-state index in [-0.39, 0.29) is 5.54 Å². The molecule has 0 spiro atoms. The smallest absolute Gasteiger partial charge is 0.133 e. The molecule has 0 atom stereocenters. The van der Waals surface area contributed by atoms with Crippen LogP contribution >= 0.6 is 27.7 Å². The van der Waals surface area contributed by atoms with Crippen LogP contribution in [-0.4, -0.2) is 24.2 Å². The molecule has 0 bridgehead atoms. The van der Waals surface area contributed by atoms with Crippen LogP contribution in [0.2, 0.25) is 0 Å². The standard InChI is InChI=1S/C15H24BrNOS/c1-15(2,3)17-11-12-6-7-14(13(16)10-12)18-8-5-9-19-4/h6-7,10,17H,5,8-9,11H2,1-4H3. The average molecular weight is 346 g/mol. The highest BCUT2D eigenvalue weighted by atomic mass is 79.9. The monoisotopic (exact) mass is 345 g/mol. The summed E-state index contributed by atoms with van der Waals surface area (Å²) in [4.78, 5) is 0. The molecule has 0 aromatic heterocycles. The summed E-state index contributed by atoms with van der Waals surface area (Å²) in [6.07, 6.45) is 3.20. The van der Waals surface area contributed by atoms with Crippen LogP contribution in [0.1, 0.15) is 32.8 Å². The van der Waals surface area contributed by atoms with Gasteiger partial charge in [0.1, 0.15) is 5.75 Å². The Labute approximate surface area is 129 Å². The summed E-state index contributed by atoms with van der Waals surface area (Å²) in [5, 5.41) is 3.48. The van der Waals surface area contributed by atoms with E-state index in [1.54, 1.807) is 0 Å². The van der Waals surface area contributed by atoms with Gasteiger partial charge in [-0.3, -0.25) is 0 Å². The van der Waals surface area contributed by atoms with E-state index in [4.69, 9.17) is 4.74 Å². The van der Waals surface area contributed by atoms with Gasteiger partial charge in [0, 0.05) is 12.1 Å². The fraction of sp³-hybridized carbons (Fsp3) is 0.600. The van der Waals surface area contributed by atoms with Crippen LogP contribution in [0.5, 0.6) is 5.75 Å². The summed E-state index contributed by atoms with van der Waals surface area (Å²) < 4.78 is 6.79. The first-order valence-electron chi connectivity index (χ1n) is 6.57. The van der Waals surface area contributed by atoms with E-state index >= 15 is 0 Å². The lowest BCUT2D eigenvalue weighted by molar-refractivity contribution is 0.316. The van der Waals surface area contributed by atoms with Gasteiger partial charge < -0.3 is 10.1 Å². The molecule has 0 radical (unpaired) electrons. The van der Waals surface area contributed by atoms with E-state index in [9.17, 15) is 0 Å². The van der Waals surface area contributed by atoms with Crippen molar-refractivity contribution in [3.63, 3.8) is 0 Å². The molecule has 0 aliphatic carbocycles. The molecule has 1 rings (SSSR count). The summed E-state index contributed by atoms with van der Waals surface area (Å²) in [5.41, 5.74) is 1.40. The SMILES string of the molecule is CSCCCOc1ccc(CNC(C)(C)C)cc1Br. The van der Waals surface area contributed by atoms with Gasteiger partial charge in [0.25, 0.3) is 0 Å². The molecule has 0 amide bonds. The average Bonchev–Trinajstić information content (AvgIpc) is 2.33. The fourth-order valence-corrected chi connectivity index (χ4v) is 2.47. The van der Waals surface area contributed by atoms with Crippen LogP contribution < -0.4 is 10.1 Å². The van der Waals surface area contributed by atoms with Crippen LogP contribution in [0.4, 0.5) is 0 Å². The molecular formula is C15H24BrNOS. The number of hydrogen-bond donors (Lipinski definition) is 1. The van der Waals surface area contributed by atoms with E-state index < -0.39 is 0 Å². The highest BCUT2D eigenvalue weighted by Crippen LogP contribution is 2.26.